The Morgan fingerprint density at radius 1 is 0.574 bits per heavy atom. The van der Waals surface area contributed by atoms with Crippen LogP contribution in [0, 0.1) is 0 Å². The van der Waals surface area contributed by atoms with Crippen molar-refractivity contribution in [3.05, 3.63) is 151 Å². The smallest absolute Gasteiger partial charge is 0.160 e. The third kappa shape index (κ3) is 3.73. The first-order valence-electron chi connectivity index (χ1n) is 16.1. The van der Waals surface area contributed by atoms with Crippen LogP contribution in [0.3, 0.4) is 0 Å². The van der Waals surface area contributed by atoms with Gasteiger partial charge in [-0.15, -0.1) is 11.3 Å². The second-order valence-electron chi connectivity index (χ2n) is 13.0. The van der Waals surface area contributed by atoms with Gasteiger partial charge in [-0.05, 0) is 41.0 Å². The summed E-state index contributed by atoms with van der Waals surface area (Å²) in [4.78, 5) is 10.3. The molecule has 1 aliphatic carbocycles. The number of nitrogens with zero attached hydrogens (tertiary/aromatic N) is 3. The third-order valence-electron chi connectivity index (χ3n) is 10.0. The highest BCUT2D eigenvalue weighted by Gasteiger charge is 2.37. The first kappa shape index (κ1) is 26.6. The van der Waals surface area contributed by atoms with Crippen molar-refractivity contribution < 1.29 is 0 Å². The van der Waals surface area contributed by atoms with E-state index in [1.54, 1.807) is 11.3 Å². The van der Waals surface area contributed by atoms with Crippen LogP contribution in [0.15, 0.2) is 140 Å². The highest BCUT2D eigenvalue weighted by Crippen LogP contribution is 2.53. The summed E-state index contributed by atoms with van der Waals surface area (Å²) >= 11 is 1.77. The van der Waals surface area contributed by atoms with Crippen molar-refractivity contribution in [2.75, 3.05) is 0 Å². The van der Waals surface area contributed by atoms with Crippen LogP contribution in [0.1, 0.15) is 25.0 Å². The maximum atomic E-state index is 5.21. The van der Waals surface area contributed by atoms with Gasteiger partial charge in [0, 0.05) is 48.7 Å². The van der Waals surface area contributed by atoms with E-state index in [4.69, 9.17) is 9.97 Å². The number of fused-ring (bicyclic) bond motifs is 10. The molecule has 10 rings (SSSR count). The number of para-hydroxylation sites is 1. The van der Waals surface area contributed by atoms with E-state index in [1.165, 1.54) is 54.1 Å². The van der Waals surface area contributed by atoms with Crippen LogP contribution in [0.25, 0.3) is 81.6 Å². The zero-order valence-electron chi connectivity index (χ0n) is 26.0. The average molecular weight is 620 g/mol. The molecule has 0 bridgehead atoms. The molecule has 0 atom stereocenters. The number of hydrogen-bond acceptors (Lipinski definition) is 3. The molecule has 222 valence electrons. The molecular weight excluding hydrogens is 591 g/mol. The van der Waals surface area contributed by atoms with Crippen LogP contribution in [-0.2, 0) is 5.41 Å². The summed E-state index contributed by atoms with van der Waals surface area (Å²) in [5.41, 5.74) is 13.1. The Labute approximate surface area is 276 Å². The molecule has 3 aromatic heterocycles. The van der Waals surface area contributed by atoms with E-state index in [0.29, 0.717) is 0 Å². The van der Waals surface area contributed by atoms with Crippen LogP contribution in [0.4, 0.5) is 0 Å². The van der Waals surface area contributed by atoms with E-state index in [9.17, 15) is 0 Å². The van der Waals surface area contributed by atoms with Crippen LogP contribution < -0.4 is 0 Å². The summed E-state index contributed by atoms with van der Waals surface area (Å²) < 4.78 is 4.81. The molecule has 0 N–H and O–H groups in total. The van der Waals surface area contributed by atoms with Crippen LogP contribution >= 0.6 is 11.3 Å². The van der Waals surface area contributed by atoms with Gasteiger partial charge >= 0.3 is 0 Å². The molecule has 3 nitrogen and oxygen atoms in total. The molecule has 0 aliphatic heterocycles. The first-order valence-corrected chi connectivity index (χ1v) is 16.9. The number of thiophene rings is 1. The van der Waals surface area contributed by atoms with E-state index in [-0.39, 0.29) is 5.41 Å². The SMILES string of the molecule is CC1(C)c2ccccc2-c2c1ccc1c3ccccc3n(-c3ccc(-c4nc(-c5ccccc5)nc5c4sc4ccccc45)cc3)c21. The average Bonchev–Trinajstić information content (AvgIpc) is 3.74. The lowest BCUT2D eigenvalue weighted by Crippen LogP contribution is -2.14. The summed E-state index contributed by atoms with van der Waals surface area (Å²) in [5, 5.41) is 3.73. The van der Waals surface area contributed by atoms with Crippen molar-refractivity contribution in [1.82, 2.24) is 14.5 Å². The molecule has 0 radical (unpaired) electrons. The molecule has 0 fully saturated rings. The molecule has 0 saturated heterocycles. The first-order chi connectivity index (χ1) is 23.1. The van der Waals surface area contributed by atoms with Crippen LogP contribution in [0.2, 0.25) is 0 Å². The molecular formula is C43H29N3S. The molecule has 4 heteroatoms. The fourth-order valence-corrected chi connectivity index (χ4v) is 8.94. The second-order valence-corrected chi connectivity index (χ2v) is 14.0. The maximum Gasteiger partial charge on any atom is 0.160 e. The summed E-state index contributed by atoms with van der Waals surface area (Å²) in [5.74, 6) is 0.750. The lowest BCUT2D eigenvalue weighted by atomic mass is 9.82. The minimum Gasteiger partial charge on any atom is -0.309 e. The number of benzene rings is 6. The summed E-state index contributed by atoms with van der Waals surface area (Å²) in [6, 6.07) is 50.2. The Morgan fingerprint density at radius 3 is 2.15 bits per heavy atom. The van der Waals surface area contributed by atoms with Crippen molar-refractivity contribution in [3.8, 4) is 39.5 Å². The third-order valence-corrected chi connectivity index (χ3v) is 11.2. The fraction of sp³-hybridized carbons (Fsp3) is 0.0698. The Bertz CT molecular complexity index is 2700. The van der Waals surface area contributed by atoms with Gasteiger partial charge in [0.15, 0.2) is 5.82 Å². The highest BCUT2D eigenvalue weighted by molar-refractivity contribution is 7.26. The van der Waals surface area contributed by atoms with Gasteiger partial charge < -0.3 is 4.57 Å². The summed E-state index contributed by atoms with van der Waals surface area (Å²) in [6.45, 7) is 4.71. The van der Waals surface area contributed by atoms with E-state index in [2.05, 4.69) is 140 Å². The molecule has 47 heavy (non-hydrogen) atoms. The number of aromatic nitrogens is 3. The fourth-order valence-electron chi connectivity index (χ4n) is 7.78. The standard InChI is InChI=1S/C43H29N3S/c1-43(2)33-17-9-6-15-31(33)37-34(43)25-24-30-29-14-7-10-18-35(29)46(40(30)37)28-22-20-26(21-23-28)38-41-39(32-16-8-11-19-36(32)47-41)45-42(44-38)27-12-4-3-5-13-27/h3-25H,1-2H3. The maximum absolute atomic E-state index is 5.21. The molecule has 3 heterocycles. The minimum absolute atomic E-state index is 0.0651. The van der Waals surface area contributed by atoms with Crippen LogP contribution in [-0.4, -0.2) is 14.5 Å². The number of rotatable bonds is 3. The van der Waals surface area contributed by atoms with Crippen LogP contribution in [0.5, 0.6) is 0 Å². The van der Waals surface area contributed by atoms with E-state index in [0.717, 1.165) is 38.5 Å². The normalized spacial score (nSPS) is 13.5. The molecule has 0 spiro atoms. The predicted octanol–water partition coefficient (Wildman–Crippen LogP) is 11.6. The monoisotopic (exact) mass is 619 g/mol. The van der Waals surface area contributed by atoms with Gasteiger partial charge in [0.05, 0.1) is 26.9 Å². The lowest BCUT2D eigenvalue weighted by molar-refractivity contribution is 0.661. The quantitative estimate of drug-likeness (QED) is 0.197. The molecule has 6 aromatic carbocycles. The summed E-state index contributed by atoms with van der Waals surface area (Å²) in [6.07, 6.45) is 0. The van der Waals surface area contributed by atoms with Gasteiger partial charge in [-0.1, -0.05) is 129 Å². The predicted molar refractivity (Wildman–Crippen MR) is 198 cm³/mol. The van der Waals surface area contributed by atoms with Gasteiger partial charge in [0.25, 0.3) is 0 Å². The number of hydrogen-bond donors (Lipinski definition) is 0. The topological polar surface area (TPSA) is 30.7 Å². The van der Waals surface area contributed by atoms with E-state index < -0.39 is 0 Å². The lowest BCUT2D eigenvalue weighted by Gasteiger charge is -2.21. The van der Waals surface area contributed by atoms with Gasteiger partial charge in [-0.25, -0.2) is 9.97 Å². The Kier molecular flexibility index (Phi) is 5.50. The van der Waals surface area contributed by atoms with Gasteiger partial charge in [-0.3, -0.25) is 0 Å². The largest absolute Gasteiger partial charge is 0.309 e. The second kappa shape index (κ2) is 9.71. The zero-order valence-corrected chi connectivity index (χ0v) is 26.8. The Hall–Kier alpha value is -5.58. The molecule has 9 aromatic rings. The Morgan fingerprint density at radius 2 is 1.30 bits per heavy atom. The van der Waals surface area contributed by atoms with Gasteiger partial charge in [-0.2, -0.15) is 0 Å². The van der Waals surface area contributed by atoms with Crippen molar-refractivity contribution in [1.29, 1.82) is 0 Å². The van der Waals surface area contributed by atoms with E-state index >= 15 is 0 Å². The Balaban J connectivity index is 1.22. The molecule has 1 aliphatic rings. The van der Waals surface area contributed by atoms with Crippen molar-refractivity contribution >= 4 is 53.4 Å². The zero-order chi connectivity index (χ0) is 31.3. The minimum atomic E-state index is -0.0651. The van der Waals surface area contributed by atoms with E-state index in [1.807, 2.05) is 18.2 Å². The molecule has 0 unspecified atom stereocenters. The van der Waals surface area contributed by atoms with Gasteiger partial charge in [0.1, 0.15) is 0 Å². The summed E-state index contributed by atoms with van der Waals surface area (Å²) in [7, 11) is 0. The van der Waals surface area contributed by atoms with Crippen molar-refractivity contribution in [3.63, 3.8) is 0 Å². The molecule has 0 amide bonds. The van der Waals surface area contributed by atoms with Gasteiger partial charge in [0.2, 0.25) is 0 Å². The van der Waals surface area contributed by atoms with Crippen molar-refractivity contribution in [2.24, 2.45) is 0 Å². The van der Waals surface area contributed by atoms with Crippen molar-refractivity contribution in [2.45, 2.75) is 19.3 Å². The highest BCUT2D eigenvalue weighted by atomic mass is 32.1. The molecule has 0 saturated carbocycles.